The van der Waals surface area contributed by atoms with E-state index in [1.165, 1.54) is 24.3 Å². The summed E-state index contributed by atoms with van der Waals surface area (Å²) in [7, 11) is 0. The summed E-state index contributed by atoms with van der Waals surface area (Å²) in [6.45, 7) is 2.01. The summed E-state index contributed by atoms with van der Waals surface area (Å²) >= 11 is 0. The molecule has 140 valence electrons. The van der Waals surface area contributed by atoms with Gasteiger partial charge in [0.25, 0.3) is 0 Å². The van der Waals surface area contributed by atoms with Gasteiger partial charge in [0.05, 0.1) is 13.2 Å². The summed E-state index contributed by atoms with van der Waals surface area (Å²) in [5.41, 5.74) is 2.62. The number of hydrogen-bond acceptors (Lipinski definition) is 3. The first-order valence-electron chi connectivity index (χ1n) is 8.33. The number of esters is 1. The standard InChI is InChI=1S/C11H10FNO2.C9H8FNO/c1-2-15-11(14)10-6-7-5-8(12)3-4-9(7)13-10;10-7-1-2-9-6(3-7)4-8(5-12)11-9/h3-6,13H,2H2,1H3;1-4,11-12H,5H2. The van der Waals surface area contributed by atoms with Crippen molar-refractivity contribution in [2.24, 2.45) is 0 Å². The molecule has 0 fully saturated rings. The lowest BCUT2D eigenvalue weighted by Crippen LogP contribution is -2.04. The van der Waals surface area contributed by atoms with Crippen LogP contribution in [0, 0.1) is 11.6 Å². The van der Waals surface area contributed by atoms with Crippen LogP contribution in [0.5, 0.6) is 0 Å². The zero-order chi connectivity index (χ0) is 19.4. The molecule has 0 aliphatic carbocycles. The minimum Gasteiger partial charge on any atom is -0.461 e. The van der Waals surface area contributed by atoms with Crippen molar-refractivity contribution < 1.29 is 23.4 Å². The normalized spacial score (nSPS) is 10.7. The van der Waals surface area contributed by atoms with Gasteiger partial charge in [-0.25, -0.2) is 13.6 Å². The van der Waals surface area contributed by atoms with Crippen molar-refractivity contribution in [3.63, 3.8) is 0 Å². The van der Waals surface area contributed by atoms with Crippen LogP contribution < -0.4 is 0 Å². The van der Waals surface area contributed by atoms with Crippen LogP contribution in [0.4, 0.5) is 8.78 Å². The van der Waals surface area contributed by atoms with Crippen molar-refractivity contribution in [3.8, 4) is 0 Å². The van der Waals surface area contributed by atoms with Gasteiger partial charge in [0.1, 0.15) is 17.3 Å². The van der Waals surface area contributed by atoms with E-state index in [1.54, 1.807) is 31.2 Å². The number of nitrogens with one attached hydrogen (secondary N) is 2. The fourth-order valence-corrected chi connectivity index (χ4v) is 2.67. The summed E-state index contributed by atoms with van der Waals surface area (Å²) in [5.74, 6) is -1.00. The maximum Gasteiger partial charge on any atom is 0.354 e. The molecule has 0 aliphatic heterocycles. The first kappa shape index (κ1) is 18.6. The number of aromatic nitrogens is 2. The zero-order valence-electron chi connectivity index (χ0n) is 14.6. The molecule has 2 aromatic heterocycles. The van der Waals surface area contributed by atoms with Crippen LogP contribution in [0.15, 0.2) is 48.5 Å². The molecular formula is C20H18F2N2O3. The quantitative estimate of drug-likeness (QED) is 0.470. The smallest absolute Gasteiger partial charge is 0.354 e. The first-order valence-corrected chi connectivity index (χ1v) is 8.33. The maximum atomic E-state index is 12.9. The Morgan fingerprint density at radius 3 is 2.15 bits per heavy atom. The second kappa shape index (κ2) is 8.01. The van der Waals surface area contributed by atoms with Crippen molar-refractivity contribution in [1.29, 1.82) is 0 Å². The van der Waals surface area contributed by atoms with Gasteiger partial charge in [-0.1, -0.05) is 0 Å². The fraction of sp³-hybridized carbons (Fsp3) is 0.150. The average Bonchev–Trinajstić information content (AvgIpc) is 3.25. The zero-order valence-corrected chi connectivity index (χ0v) is 14.6. The van der Waals surface area contributed by atoms with Crippen LogP contribution in [0.25, 0.3) is 21.8 Å². The lowest BCUT2D eigenvalue weighted by Gasteiger charge is -1.96. The molecule has 0 amide bonds. The van der Waals surface area contributed by atoms with Crippen LogP contribution >= 0.6 is 0 Å². The van der Waals surface area contributed by atoms with Gasteiger partial charge in [-0.05, 0) is 55.5 Å². The van der Waals surface area contributed by atoms with Gasteiger partial charge in [-0.15, -0.1) is 0 Å². The number of hydrogen-bond donors (Lipinski definition) is 3. The van der Waals surface area contributed by atoms with Gasteiger partial charge >= 0.3 is 5.97 Å². The van der Waals surface area contributed by atoms with Gasteiger partial charge in [0.2, 0.25) is 0 Å². The molecule has 4 aromatic rings. The van der Waals surface area contributed by atoms with E-state index in [2.05, 4.69) is 9.97 Å². The molecule has 0 bridgehead atoms. The van der Waals surface area contributed by atoms with Gasteiger partial charge < -0.3 is 19.8 Å². The molecular weight excluding hydrogens is 354 g/mol. The monoisotopic (exact) mass is 372 g/mol. The predicted octanol–water partition coefficient (Wildman–Crippen LogP) is 4.28. The third kappa shape index (κ3) is 4.32. The van der Waals surface area contributed by atoms with E-state index >= 15 is 0 Å². The van der Waals surface area contributed by atoms with Gasteiger partial charge in [-0.3, -0.25) is 0 Å². The SMILES string of the molecule is CCOC(=O)c1cc2cc(F)ccc2[nH]1.OCc1cc2cc(F)ccc2[nH]1. The first-order chi connectivity index (χ1) is 13.0. The molecule has 0 spiro atoms. The molecule has 5 nitrogen and oxygen atoms in total. The maximum absolute atomic E-state index is 12.9. The van der Waals surface area contributed by atoms with E-state index in [9.17, 15) is 13.6 Å². The van der Waals surface area contributed by atoms with Crippen LogP contribution in [0.2, 0.25) is 0 Å². The minimum absolute atomic E-state index is 0.0453. The molecule has 0 atom stereocenters. The van der Waals surface area contributed by atoms with Crippen LogP contribution in [0.1, 0.15) is 23.1 Å². The second-order valence-corrected chi connectivity index (χ2v) is 5.82. The molecule has 7 heteroatoms. The topological polar surface area (TPSA) is 78.1 Å². The fourth-order valence-electron chi connectivity index (χ4n) is 2.67. The third-order valence-electron chi connectivity index (χ3n) is 3.89. The number of fused-ring (bicyclic) bond motifs is 2. The lowest BCUT2D eigenvalue weighted by atomic mass is 10.2. The Kier molecular flexibility index (Phi) is 5.52. The Morgan fingerprint density at radius 1 is 0.963 bits per heavy atom. The largest absolute Gasteiger partial charge is 0.461 e. The van der Waals surface area contributed by atoms with Crippen molar-refractivity contribution >= 4 is 27.8 Å². The molecule has 0 radical (unpaired) electrons. The number of carbonyl (C=O) groups is 1. The molecule has 3 N–H and O–H groups in total. The van der Waals surface area contributed by atoms with Gasteiger partial charge in [0.15, 0.2) is 0 Å². The average molecular weight is 372 g/mol. The Morgan fingerprint density at radius 2 is 1.56 bits per heavy atom. The summed E-state index contributed by atoms with van der Waals surface area (Å²) in [6, 6.07) is 12.1. The van der Waals surface area contributed by atoms with E-state index in [1.807, 2.05) is 0 Å². The van der Waals surface area contributed by atoms with E-state index in [0.717, 1.165) is 16.4 Å². The number of H-pyrrole nitrogens is 2. The number of rotatable bonds is 3. The van der Waals surface area contributed by atoms with Gasteiger partial charge in [0, 0.05) is 27.5 Å². The lowest BCUT2D eigenvalue weighted by molar-refractivity contribution is 0.0520. The second-order valence-electron chi connectivity index (χ2n) is 5.82. The number of halogens is 2. The summed E-state index contributed by atoms with van der Waals surface area (Å²) in [4.78, 5) is 17.2. The number of aromatic amines is 2. The van der Waals surface area contributed by atoms with E-state index in [0.29, 0.717) is 23.4 Å². The van der Waals surface area contributed by atoms with E-state index in [4.69, 9.17) is 9.84 Å². The Labute approximate surface area is 153 Å². The molecule has 0 aliphatic rings. The Balaban J connectivity index is 0.000000159. The predicted molar refractivity (Wildman–Crippen MR) is 98.4 cm³/mol. The highest BCUT2D eigenvalue weighted by molar-refractivity contribution is 5.94. The summed E-state index contributed by atoms with van der Waals surface area (Å²) in [6.07, 6.45) is 0. The molecule has 2 heterocycles. The number of carbonyl (C=O) groups excluding carboxylic acids is 1. The van der Waals surface area contributed by atoms with Crippen LogP contribution in [-0.4, -0.2) is 27.7 Å². The van der Waals surface area contributed by atoms with E-state index in [-0.39, 0.29) is 18.2 Å². The molecule has 0 saturated carbocycles. The van der Waals surface area contributed by atoms with Crippen LogP contribution in [-0.2, 0) is 11.3 Å². The van der Waals surface area contributed by atoms with Gasteiger partial charge in [-0.2, -0.15) is 0 Å². The number of benzene rings is 2. The third-order valence-corrected chi connectivity index (χ3v) is 3.89. The Bertz CT molecular complexity index is 1090. The minimum atomic E-state index is -0.422. The van der Waals surface area contributed by atoms with Crippen molar-refractivity contribution in [3.05, 3.63) is 71.6 Å². The Hall–Kier alpha value is -3.19. The summed E-state index contributed by atoms with van der Waals surface area (Å²) < 4.78 is 30.4. The molecule has 2 aromatic carbocycles. The summed E-state index contributed by atoms with van der Waals surface area (Å²) in [5, 5.41) is 10.2. The highest BCUT2D eigenvalue weighted by Gasteiger charge is 2.10. The number of ether oxygens (including phenoxy) is 1. The van der Waals surface area contributed by atoms with Crippen molar-refractivity contribution in [2.75, 3.05) is 6.61 Å². The number of aliphatic hydroxyl groups excluding tert-OH is 1. The molecule has 4 rings (SSSR count). The highest BCUT2D eigenvalue weighted by atomic mass is 19.1. The van der Waals surface area contributed by atoms with E-state index < -0.39 is 5.97 Å². The van der Waals surface area contributed by atoms with Crippen LogP contribution in [0.3, 0.4) is 0 Å². The van der Waals surface area contributed by atoms with Crippen molar-refractivity contribution in [1.82, 2.24) is 9.97 Å². The molecule has 0 saturated heterocycles. The molecule has 27 heavy (non-hydrogen) atoms. The van der Waals surface area contributed by atoms with Crippen molar-refractivity contribution in [2.45, 2.75) is 13.5 Å². The molecule has 0 unspecified atom stereocenters. The number of aliphatic hydroxyl groups is 1. The highest BCUT2D eigenvalue weighted by Crippen LogP contribution is 2.17.